The number of hydrogen-bond acceptors (Lipinski definition) is 6. The van der Waals surface area contributed by atoms with E-state index in [-0.39, 0.29) is 49.4 Å². The van der Waals surface area contributed by atoms with Crippen molar-refractivity contribution in [3.05, 3.63) is 19.3 Å². The molecule has 1 saturated heterocycles. The van der Waals surface area contributed by atoms with Crippen molar-refractivity contribution in [3.63, 3.8) is 0 Å². The minimum atomic E-state index is -1.86. The van der Waals surface area contributed by atoms with Crippen molar-refractivity contribution < 1.29 is 48.8 Å². The van der Waals surface area contributed by atoms with Crippen molar-refractivity contribution in [3.8, 4) is 0 Å². The van der Waals surface area contributed by atoms with Crippen LogP contribution in [-0.4, -0.2) is 34.4 Å². The summed E-state index contributed by atoms with van der Waals surface area (Å²) in [7, 11) is -2.19. The molecule has 0 amide bonds. The van der Waals surface area contributed by atoms with Crippen molar-refractivity contribution in [1.29, 1.82) is 0 Å². The molecule has 6 nitrogen and oxygen atoms in total. The van der Waals surface area contributed by atoms with E-state index in [2.05, 4.69) is 12.0 Å². The fraction of sp³-hybridized carbons (Fsp3) is 0.667. The average molecular weight is 538 g/mol. The number of nitrogens with zero attached hydrogens (tertiary/aromatic N) is 2. The van der Waals surface area contributed by atoms with Crippen LogP contribution >= 0.6 is 0 Å². The molecule has 1 aromatic heterocycles. The summed E-state index contributed by atoms with van der Waals surface area (Å²) in [5.74, 6) is 0. The van der Waals surface area contributed by atoms with Gasteiger partial charge in [-0.3, -0.25) is 0 Å². The van der Waals surface area contributed by atoms with E-state index in [9.17, 15) is 0 Å². The molecule has 1 fully saturated rings. The molecule has 0 radical (unpaired) electrons. The molecule has 1 aliphatic rings. The molecule has 21 heavy (non-hydrogen) atoms. The predicted octanol–water partition coefficient (Wildman–Crippen LogP) is 0.942. The van der Waals surface area contributed by atoms with Gasteiger partial charge in [-0.15, -0.1) is 0 Å². The Morgan fingerprint density at radius 3 is 2.05 bits per heavy atom. The monoisotopic (exact) mass is 538 g/mol. The standard InChI is InChI=1S/C11H18BN2O2.CH3O2S.U/c1-6-14-8-9(7-13-14)12-15-10(2,3)11(4,5)16-12;1-4(2)3;/h7-8H,1,6H2,2-5H3;1H3;/q2*-1;+2. The Morgan fingerprint density at radius 2 is 1.71 bits per heavy atom. The van der Waals surface area contributed by atoms with Gasteiger partial charge in [0.05, 0.1) is 11.2 Å². The summed E-state index contributed by atoms with van der Waals surface area (Å²) in [6, 6.07) is 0. The first-order valence-electron chi connectivity index (χ1n) is 6.27. The second-order valence-electron chi connectivity index (χ2n) is 5.53. The van der Waals surface area contributed by atoms with E-state index in [1.807, 2.05) is 33.9 Å². The van der Waals surface area contributed by atoms with Crippen LogP contribution in [0, 0.1) is 38.0 Å². The third-order valence-electron chi connectivity index (χ3n) is 3.41. The summed E-state index contributed by atoms with van der Waals surface area (Å²) >= 11 is 0. The topological polar surface area (TPSA) is 70.4 Å². The molecule has 116 valence electrons. The van der Waals surface area contributed by atoms with Crippen LogP contribution in [0.1, 0.15) is 27.7 Å². The molecule has 9 heteroatoms. The maximum Gasteiger partial charge on any atom is 2.00 e. The van der Waals surface area contributed by atoms with Gasteiger partial charge in [0, 0.05) is 17.9 Å². The Bertz CT molecular complexity index is 507. The van der Waals surface area contributed by atoms with Crippen molar-refractivity contribution in [2.75, 3.05) is 6.26 Å². The normalized spacial score (nSPS) is 18.9. The predicted molar refractivity (Wildman–Crippen MR) is 78.0 cm³/mol. The number of rotatable bonds is 2. The molecule has 0 spiro atoms. The molecule has 1 aromatic rings. The second kappa shape index (κ2) is 8.16. The molecule has 1 aliphatic heterocycles. The van der Waals surface area contributed by atoms with Gasteiger partial charge in [-0.05, 0) is 27.7 Å². The summed E-state index contributed by atoms with van der Waals surface area (Å²) in [6.07, 6.45) is 4.77. The van der Waals surface area contributed by atoms with E-state index >= 15 is 0 Å². The van der Waals surface area contributed by atoms with E-state index in [0.29, 0.717) is 6.54 Å². The zero-order valence-corrected chi connectivity index (χ0v) is 18.1. The van der Waals surface area contributed by atoms with Crippen molar-refractivity contribution in [2.24, 2.45) is 0 Å². The van der Waals surface area contributed by atoms with Gasteiger partial charge in [0.2, 0.25) is 0 Å². The Morgan fingerprint density at radius 1 is 1.29 bits per heavy atom. The summed E-state index contributed by atoms with van der Waals surface area (Å²) in [4.78, 5) is 0. The van der Waals surface area contributed by atoms with Gasteiger partial charge in [-0.2, -0.15) is 5.10 Å². The first-order valence-corrected chi connectivity index (χ1v) is 7.75. The molecule has 0 atom stereocenters. The molecule has 0 saturated carbocycles. The van der Waals surface area contributed by atoms with Gasteiger partial charge < -0.3 is 29.3 Å². The summed E-state index contributed by atoms with van der Waals surface area (Å²) in [5.41, 5.74) is 0.344. The Kier molecular flexibility index (Phi) is 8.24. The van der Waals surface area contributed by atoms with Crippen LogP contribution in [0.3, 0.4) is 0 Å². The Labute approximate surface area is 152 Å². The van der Waals surface area contributed by atoms with Gasteiger partial charge in [0.25, 0.3) is 0 Å². The maximum atomic E-state index is 9.00. The molecule has 2 heterocycles. The van der Waals surface area contributed by atoms with Gasteiger partial charge in [-0.1, -0.05) is 23.5 Å². The molecule has 0 unspecified atom stereocenters. The van der Waals surface area contributed by atoms with Crippen LogP contribution in [0.15, 0.2) is 12.4 Å². The first-order chi connectivity index (χ1) is 9.09. The van der Waals surface area contributed by atoms with Crippen molar-refractivity contribution >= 4 is 23.3 Å². The molecule has 0 N–H and O–H groups in total. The van der Waals surface area contributed by atoms with Gasteiger partial charge in [-0.25, -0.2) is 0 Å². The van der Waals surface area contributed by atoms with Crippen LogP contribution < -0.4 is 5.46 Å². The fourth-order valence-electron chi connectivity index (χ4n) is 1.60. The average Bonchev–Trinajstić information content (AvgIpc) is 2.81. The SMILES string of the molecule is C[S-](=O)=O.[CH2-]Cn1cc(B2OC(C)(C)C(C)(C)O2)cn1.[U+2]. The largest absolute Gasteiger partial charge is 2.00 e. The summed E-state index contributed by atoms with van der Waals surface area (Å²) in [6.45, 7) is 12.5. The third kappa shape index (κ3) is 5.72. The zero-order chi connectivity index (χ0) is 15.6. The van der Waals surface area contributed by atoms with E-state index in [0.717, 1.165) is 11.7 Å². The zero-order valence-electron chi connectivity index (χ0n) is 13.1. The molecular weight excluding hydrogens is 517 g/mol. The first kappa shape index (κ1) is 21.2. The van der Waals surface area contributed by atoms with Crippen LogP contribution in [-0.2, 0) is 35.0 Å². The third-order valence-corrected chi connectivity index (χ3v) is 3.41. The van der Waals surface area contributed by atoms with Gasteiger partial charge in [0.15, 0.2) is 0 Å². The second-order valence-corrected chi connectivity index (χ2v) is 6.33. The van der Waals surface area contributed by atoms with E-state index < -0.39 is 10.7 Å². The summed E-state index contributed by atoms with van der Waals surface area (Å²) < 4.78 is 31.6. The summed E-state index contributed by atoms with van der Waals surface area (Å²) in [5, 5.41) is 4.17. The van der Waals surface area contributed by atoms with Crippen molar-refractivity contribution in [2.45, 2.75) is 45.4 Å². The minimum absolute atomic E-state index is 0. The minimum Gasteiger partial charge on any atom is -0.424 e. The molecule has 0 aliphatic carbocycles. The van der Waals surface area contributed by atoms with Crippen LogP contribution in [0.5, 0.6) is 0 Å². The van der Waals surface area contributed by atoms with Crippen LogP contribution in [0.25, 0.3) is 0 Å². The van der Waals surface area contributed by atoms with E-state index in [1.54, 1.807) is 10.9 Å². The molecule has 0 aromatic carbocycles. The fourth-order valence-corrected chi connectivity index (χ4v) is 1.60. The molecule has 0 bridgehead atoms. The quantitative estimate of drug-likeness (QED) is 0.319. The Balaban J connectivity index is 0.000000715. The Hall–Kier alpha value is 0.197. The van der Waals surface area contributed by atoms with Gasteiger partial charge >= 0.3 is 38.2 Å². The number of hydrogen-bond donors (Lipinski definition) is 0. The molecule has 2 rings (SSSR count). The van der Waals surface area contributed by atoms with Crippen LogP contribution in [0.2, 0.25) is 0 Å². The molecular formula is C12H21BN2O4SU. The maximum absolute atomic E-state index is 9.00. The van der Waals surface area contributed by atoms with E-state index in [4.69, 9.17) is 17.7 Å². The van der Waals surface area contributed by atoms with Gasteiger partial charge in [0.1, 0.15) is 0 Å². The van der Waals surface area contributed by atoms with Crippen LogP contribution in [0.4, 0.5) is 0 Å². The van der Waals surface area contributed by atoms with Crippen molar-refractivity contribution in [1.82, 2.24) is 9.78 Å². The smallest absolute Gasteiger partial charge is 0.424 e. The van der Waals surface area contributed by atoms with E-state index in [1.165, 1.54) is 0 Å². The number of aromatic nitrogens is 2.